The lowest BCUT2D eigenvalue weighted by Crippen LogP contribution is -2.68. The van der Waals surface area contributed by atoms with Gasteiger partial charge in [-0.1, -0.05) is 107 Å². The van der Waals surface area contributed by atoms with E-state index in [1.165, 1.54) is 15.9 Å². The molecule has 0 heterocycles. The van der Waals surface area contributed by atoms with Crippen molar-refractivity contribution < 1.29 is 14.3 Å². The van der Waals surface area contributed by atoms with Crippen molar-refractivity contribution in [3.63, 3.8) is 0 Å². The van der Waals surface area contributed by atoms with Crippen LogP contribution in [0.2, 0.25) is 5.04 Å². The van der Waals surface area contributed by atoms with E-state index in [-0.39, 0.29) is 35.7 Å². The molecule has 2 rings (SSSR count). The first-order valence-electron chi connectivity index (χ1n) is 12.2. The first-order chi connectivity index (χ1) is 15.6. The third-order valence-corrected chi connectivity index (χ3v) is 11.7. The number of aliphatic hydroxyl groups excluding tert-OH is 1. The zero-order valence-electron chi connectivity index (χ0n) is 21.8. The second-order valence-electron chi connectivity index (χ2n) is 10.6. The maximum Gasteiger partial charge on any atom is 0.261 e. The summed E-state index contributed by atoms with van der Waals surface area (Å²) in [6.45, 7) is 15.7. The second kappa shape index (κ2) is 12.1. The van der Waals surface area contributed by atoms with Gasteiger partial charge >= 0.3 is 0 Å². The highest BCUT2D eigenvalue weighted by Gasteiger charge is 2.51. The number of hydrogen-bond acceptors (Lipinski definition) is 3. The van der Waals surface area contributed by atoms with Gasteiger partial charge in [-0.05, 0) is 41.6 Å². The van der Waals surface area contributed by atoms with Crippen LogP contribution >= 0.6 is 0 Å². The maximum absolute atomic E-state index is 9.41. The summed E-state index contributed by atoms with van der Waals surface area (Å²) in [5.41, 5.74) is 1.28. The number of benzene rings is 2. The molecule has 0 amide bonds. The van der Waals surface area contributed by atoms with Crippen molar-refractivity contribution in [3.8, 4) is 0 Å². The van der Waals surface area contributed by atoms with Gasteiger partial charge in [-0.2, -0.15) is 0 Å². The van der Waals surface area contributed by atoms with Gasteiger partial charge in [-0.3, -0.25) is 0 Å². The van der Waals surface area contributed by atoms with Crippen molar-refractivity contribution in [1.29, 1.82) is 0 Å². The van der Waals surface area contributed by atoms with Crippen LogP contribution in [-0.2, 0) is 9.16 Å². The molecule has 1 N–H and O–H groups in total. The molecular weight excluding hydrogens is 424 g/mol. The Balaban J connectivity index is 2.48. The van der Waals surface area contributed by atoms with Gasteiger partial charge in [0.1, 0.15) is 0 Å². The monoisotopic (exact) mass is 468 g/mol. The molecule has 2 aromatic carbocycles. The van der Waals surface area contributed by atoms with Gasteiger partial charge in [0, 0.05) is 19.6 Å². The third kappa shape index (κ3) is 6.66. The fourth-order valence-corrected chi connectivity index (χ4v) is 9.80. The molecule has 0 aliphatic rings. The summed E-state index contributed by atoms with van der Waals surface area (Å²) in [7, 11) is -0.859. The molecule has 4 heteroatoms. The van der Waals surface area contributed by atoms with E-state index in [9.17, 15) is 5.11 Å². The van der Waals surface area contributed by atoms with E-state index < -0.39 is 8.32 Å². The minimum atomic E-state index is -2.64. The number of hydrogen-bond donors (Lipinski definition) is 1. The molecule has 3 nitrogen and oxygen atoms in total. The molecule has 0 fully saturated rings. The van der Waals surface area contributed by atoms with Crippen LogP contribution in [0.1, 0.15) is 54.9 Å². The normalized spacial score (nSPS) is 16.8. The van der Waals surface area contributed by atoms with E-state index in [0.29, 0.717) is 0 Å². The van der Waals surface area contributed by atoms with Crippen LogP contribution < -0.4 is 10.4 Å². The number of methoxy groups -OCH3 is 1. The van der Waals surface area contributed by atoms with Gasteiger partial charge in [-0.15, -0.1) is 0 Å². The molecule has 0 aliphatic heterocycles. The van der Waals surface area contributed by atoms with Gasteiger partial charge in [0.2, 0.25) is 0 Å². The van der Waals surface area contributed by atoms with Crippen molar-refractivity contribution in [1.82, 2.24) is 0 Å². The Morgan fingerprint density at radius 1 is 0.939 bits per heavy atom. The lowest BCUT2D eigenvalue weighted by Gasteiger charge is -2.46. The molecule has 2 aromatic rings. The highest BCUT2D eigenvalue weighted by molar-refractivity contribution is 6.99. The molecule has 33 heavy (non-hydrogen) atoms. The molecule has 0 spiro atoms. The van der Waals surface area contributed by atoms with Crippen molar-refractivity contribution in [3.05, 3.63) is 72.3 Å². The minimum Gasteiger partial charge on any atom is -0.402 e. The van der Waals surface area contributed by atoms with Gasteiger partial charge in [0.05, 0.1) is 12.2 Å². The first-order valence-corrected chi connectivity index (χ1v) is 14.1. The molecule has 0 saturated carbocycles. The largest absolute Gasteiger partial charge is 0.402 e. The quantitative estimate of drug-likeness (QED) is 0.346. The number of allylic oxidation sites excluding steroid dienone is 1. The van der Waals surface area contributed by atoms with E-state index in [4.69, 9.17) is 9.16 Å². The lowest BCUT2D eigenvalue weighted by molar-refractivity contribution is -0.0147. The van der Waals surface area contributed by atoms with E-state index in [2.05, 4.69) is 115 Å². The van der Waals surface area contributed by atoms with E-state index in [1.54, 1.807) is 7.11 Å². The summed E-state index contributed by atoms with van der Waals surface area (Å²) < 4.78 is 13.3. The van der Waals surface area contributed by atoms with Gasteiger partial charge in [0.15, 0.2) is 0 Å². The zero-order valence-corrected chi connectivity index (χ0v) is 22.8. The van der Waals surface area contributed by atoms with E-state index >= 15 is 0 Å². The van der Waals surface area contributed by atoms with Crippen LogP contribution in [0.25, 0.3) is 0 Å². The maximum atomic E-state index is 9.41. The van der Waals surface area contributed by atoms with Gasteiger partial charge in [0.25, 0.3) is 8.32 Å². The summed E-state index contributed by atoms with van der Waals surface area (Å²) in [6, 6.07) is 21.5. The Labute approximate surface area is 203 Å². The van der Waals surface area contributed by atoms with Crippen molar-refractivity contribution in [2.75, 3.05) is 13.7 Å². The van der Waals surface area contributed by atoms with Crippen LogP contribution in [0.3, 0.4) is 0 Å². The Morgan fingerprint density at radius 2 is 1.42 bits per heavy atom. The summed E-state index contributed by atoms with van der Waals surface area (Å²) in [5.74, 6) is 0.453. The fraction of sp³-hybridized carbons (Fsp3) is 0.517. The molecule has 0 unspecified atom stereocenters. The average Bonchev–Trinajstić information content (AvgIpc) is 2.78. The Morgan fingerprint density at radius 3 is 1.82 bits per heavy atom. The van der Waals surface area contributed by atoms with Crippen LogP contribution in [0.5, 0.6) is 0 Å². The highest BCUT2D eigenvalue weighted by Crippen LogP contribution is 2.38. The predicted molar refractivity (Wildman–Crippen MR) is 143 cm³/mol. The Kier molecular flexibility index (Phi) is 10.1. The molecule has 0 bridgehead atoms. The van der Waals surface area contributed by atoms with Crippen molar-refractivity contribution in [2.45, 2.75) is 72.1 Å². The molecule has 0 radical (unpaired) electrons. The van der Waals surface area contributed by atoms with Crippen molar-refractivity contribution >= 4 is 18.7 Å². The topological polar surface area (TPSA) is 38.7 Å². The lowest BCUT2D eigenvalue weighted by atomic mass is 9.94. The van der Waals surface area contributed by atoms with Crippen LogP contribution in [-0.4, -0.2) is 39.3 Å². The Hall–Kier alpha value is -1.72. The minimum absolute atomic E-state index is 0.0756. The van der Waals surface area contributed by atoms with Crippen LogP contribution in [0.15, 0.2) is 72.3 Å². The summed E-state index contributed by atoms with van der Waals surface area (Å²) in [5, 5.41) is 11.9. The van der Waals surface area contributed by atoms with Crippen molar-refractivity contribution in [2.24, 2.45) is 11.8 Å². The number of rotatable bonds is 11. The SMILES string of the molecule is CO[C@@H]([C@H](C)O[Si](c1ccccc1)(c1ccccc1)C(C)(C)C)[C@@H](C)/C=C(\C)C[C@H](C)CO. The fourth-order valence-electron chi connectivity index (χ4n) is 5.10. The predicted octanol–water partition coefficient (Wildman–Crippen LogP) is 5.57. The zero-order chi connectivity index (χ0) is 24.6. The summed E-state index contributed by atoms with van der Waals surface area (Å²) in [4.78, 5) is 0. The molecule has 4 atom stereocenters. The standard InChI is InChI=1S/C29H44O3Si/c1-22(19-23(2)21-30)20-24(3)28(31-8)25(4)32-33(29(5,6)7,26-15-11-9-12-16-26)27-17-13-10-14-18-27/h9-18,20,23-25,28,30H,19,21H2,1-8H3/b22-20+/t23-,24-,25-,28+/m0/s1. The smallest absolute Gasteiger partial charge is 0.261 e. The van der Waals surface area contributed by atoms with Gasteiger partial charge < -0.3 is 14.3 Å². The molecule has 0 saturated heterocycles. The highest BCUT2D eigenvalue weighted by atomic mass is 28.4. The molecule has 0 aromatic heterocycles. The molecule has 182 valence electrons. The first kappa shape index (κ1) is 27.5. The van der Waals surface area contributed by atoms with E-state index in [0.717, 1.165) is 6.42 Å². The molecular formula is C29H44O3Si. The average molecular weight is 469 g/mol. The summed E-state index contributed by atoms with van der Waals surface area (Å²) in [6.07, 6.45) is 2.99. The van der Waals surface area contributed by atoms with E-state index in [1.807, 2.05) is 0 Å². The number of ether oxygens (including phenoxy) is 1. The van der Waals surface area contributed by atoms with Crippen LogP contribution in [0, 0.1) is 11.8 Å². The van der Waals surface area contributed by atoms with Gasteiger partial charge in [-0.25, -0.2) is 0 Å². The Bertz CT molecular complexity index is 818. The number of aliphatic hydroxyl groups is 1. The second-order valence-corrected chi connectivity index (χ2v) is 14.8. The molecule has 0 aliphatic carbocycles. The van der Waals surface area contributed by atoms with Crippen LogP contribution in [0.4, 0.5) is 0 Å². The third-order valence-electron chi connectivity index (χ3n) is 6.56. The summed E-state index contributed by atoms with van der Waals surface area (Å²) >= 11 is 0.